The van der Waals surface area contributed by atoms with Gasteiger partial charge in [-0.25, -0.2) is 4.98 Å². The van der Waals surface area contributed by atoms with E-state index in [-0.39, 0.29) is 0 Å². The number of aryl methyl sites for hydroxylation is 1. The Bertz CT molecular complexity index is 146. The van der Waals surface area contributed by atoms with Crippen molar-refractivity contribution in [1.82, 2.24) is 4.98 Å². The summed E-state index contributed by atoms with van der Waals surface area (Å²) in [6.07, 6.45) is 1.76. The van der Waals surface area contributed by atoms with E-state index in [9.17, 15) is 0 Å². The van der Waals surface area contributed by atoms with Gasteiger partial charge in [0.2, 0.25) is 0 Å². The summed E-state index contributed by atoms with van der Waals surface area (Å²) in [5.41, 5.74) is 0. The molecule has 11 heavy (non-hydrogen) atoms. The first kappa shape index (κ1) is 13.5. The zero-order valence-electron chi connectivity index (χ0n) is 7.81. The second-order valence-corrected chi connectivity index (χ2v) is 3.04. The van der Waals surface area contributed by atoms with Crippen LogP contribution < -0.4 is 0 Å². The Kier molecular flexibility index (Phi) is 12.2. The lowest BCUT2D eigenvalue weighted by Gasteiger charge is -1.66. The van der Waals surface area contributed by atoms with Gasteiger partial charge in [0.1, 0.15) is 0 Å². The molecule has 0 saturated heterocycles. The van der Waals surface area contributed by atoms with Gasteiger partial charge in [0.05, 0.1) is 0 Å². The average Bonchev–Trinajstić information content (AvgIpc) is 2.43. The highest BCUT2D eigenvalue weighted by molar-refractivity contribution is 7.15. The first-order valence-corrected chi connectivity index (χ1v) is 5.06. The molecule has 0 fully saturated rings. The fraction of sp³-hybridized carbons (Fsp3) is 0.625. The summed E-state index contributed by atoms with van der Waals surface area (Å²) < 4.78 is 0.623. The fourth-order valence-corrected chi connectivity index (χ4v) is 1.22. The summed E-state index contributed by atoms with van der Waals surface area (Å²) in [6.45, 7) is 9.98. The summed E-state index contributed by atoms with van der Waals surface area (Å²) in [6, 6.07) is 0. The van der Waals surface area contributed by atoms with E-state index < -0.39 is 0 Å². The summed E-state index contributed by atoms with van der Waals surface area (Å²) in [5, 5.41) is 0. The lowest BCUT2D eigenvalue weighted by Crippen LogP contribution is -1.50. The van der Waals surface area contributed by atoms with Crippen LogP contribution in [0.2, 0.25) is 4.47 Å². The molecule has 66 valence electrons. The van der Waals surface area contributed by atoms with Gasteiger partial charge >= 0.3 is 0 Å². The van der Waals surface area contributed by atoms with Gasteiger partial charge in [-0.05, 0) is 6.92 Å². The van der Waals surface area contributed by atoms with Crippen LogP contribution in [0.1, 0.15) is 32.6 Å². The number of halogens is 1. The van der Waals surface area contributed by atoms with Crippen molar-refractivity contribution >= 4 is 22.9 Å². The average molecular weight is 194 g/mol. The first-order chi connectivity index (χ1) is 5.29. The highest BCUT2D eigenvalue weighted by Crippen LogP contribution is 2.15. The van der Waals surface area contributed by atoms with Crippen LogP contribution in [0, 0.1) is 6.92 Å². The molecule has 0 aliphatic heterocycles. The van der Waals surface area contributed by atoms with Crippen molar-refractivity contribution < 1.29 is 0 Å². The van der Waals surface area contributed by atoms with Gasteiger partial charge < -0.3 is 0 Å². The summed E-state index contributed by atoms with van der Waals surface area (Å²) in [4.78, 5) is 4.96. The Morgan fingerprint density at radius 1 is 1.27 bits per heavy atom. The maximum Gasteiger partial charge on any atom is 0.183 e. The molecule has 0 aliphatic carbocycles. The van der Waals surface area contributed by atoms with E-state index in [4.69, 9.17) is 11.6 Å². The van der Waals surface area contributed by atoms with Gasteiger partial charge in [-0.3, -0.25) is 0 Å². The summed E-state index contributed by atoms with van der Waals surface area (Å²) in [5.74, 6) is 0. The summed E-state index contributed by atoms with van der Waals surface area (Å²) >= 11 is 6.96. The van der Waals surface area contributed by atoms with Crippen LogP contribution in [0.3, 0.4) is 0 Å². The van der Waals surface area contributed by atoms with Gasteiger partial charge in [0, 0.05) is 11.1 Å². The molecule has 0 amide bonds. The molecule has 1 aromatic heterocycles. The molecule has 0 spiro atoms. The largest absolute Gasteiger partial charge is 0.233 e. The van der Waals surface area contributed by atoms with Crippen LogP contribution in [-0.4, -0.2) is 4.98 Å². The zero-order chi connectivity index (χ0) is 9.28. The number of hydrogen-bond acceptors (Lipinski definition) is 2. The predicted molar refractivity (Wildman–Crippen MR) is 54.6 cm³/mol. The summed E-state index contributed by atoms with van der Waals surface area (Å²) in [7, 11) is 0. The lowest BCUT2D eigenvalue weighted by molar-refractivity contribution is 1.39. The van der Waals surface area contributed by atoms with Crippen molar-refractivity contribution in [2.75, 3.05) is 0 Å². The number of thiazole rings is 1. The first-order valence-electron chi connectivity index (χ1n) is 3.87. The van der Waals surface area contributed by atoms with Crippen molar-refractivity contribution in [2.24, 2.45) is 0 Å². The molecule has 0 atom stereocenters. The predicted octanol–water partition coefficient (Wildman–Crippen LogP) is 4.16. The molecule has 1 aromatic rings. The fourth-order valence-electron chi connectivity index (χ4n) is 0.327. The Balaban J connectivity index is 0. The van der Waals surface area contributed by atoms with E-state index in [1.54, 1.807) is 6.20 Å². The van der Waals surface area contributed by atoms with E-state index >= 15 is 0 Å². The van der Waals surface area contributed by atoms with Crippen LogP contribution in [0.5, 0.6) is 0 Å². The highest BCUT2D eigenvalue weighted by atomic mass is 35.5. The Morgan fingerprint density at radius 3 is 1.82 bits per heavy atom. The van der Waals surface area contributed by atoms with Gasteiger partial charge in [0.25, 0.3) is 0 Å². The standard InChI is InChI=1S/C4H4ClNS.2C2H6/c1-3-2-6-4(5)7-3;2*1-2/h2H,1H3;2*1-2H3. The topological polar surface area (TPSA) is 12.9 Å². The molecular formula is C8H16ClNS. The third kappa shape index (κ3) is 7.82. The Hall–Kier alpha value is -0.0800. The lowest BCUT2D eigenvalue weighted by atomic mass is 10.7. The third-order valence-corrected chi connectivity index (χ3v) is 1.62. The van der Waals surface area contributed by atoms with Crippen LogP contribution in [0.4, 0.5) is 0 Å². The number of aromatic nitrogens is 1. The zero-order valence-corrected chi connectivity index (χ0v) is 9.38. The van der Waals surface area contributed by atoms with Crippen molar-refractivity contribution in [2.45, 2.75) is 34.6 Å². The van der Waals surface area contributed by atoms with Crippen LogP contribution >= 0.6 is 22.9 Å². The molecule has 0 bridgehead atoms. The van der Waals surface area contributed by atoms with Crippen molar-refractivity contribution in [3.05, 3.63) is 15.5 Å². The maximum atomic E-state index is 5.47. The smallest absolute Gasteiger partial charge is 0.183 e. The molecule has 0 aliphatic rings. The molecule has 0 radical (unpaired) electrons. The van der Waals surface area contributed by atoms with Crippen LogP contribution in [0.15, 0.2) is 6.20 Å². The van der Waals surface area contributed by atoms with Crippen molar-refractivity contribution in [3.63, 3.8) is 0 Å². The monoisotopic (exact) mass is 193 g/mol. The van der Waals surface area contributed by atoms with Crippen LogP contribution in [-0.2, 0) is 0 Å². The Morgan fingerprint density at radius 2 is 1.73 bits per heavy atom. The van der Waals surface area contributed by atoms with Crippen molar-refractivity contribution in [3.8, 4) is 0 Å². The second kappa shape index (κ2) is 9.92. The second-order valence-electron chi connectivity index (χ2n) is 1.22. The van der Waals surface area contributed by atoms with E-state index in [1.165, 1.54) is 11.3 Å². The molecule has 1 heterocycles. The minimum atomic E-state index is 0.623. The quantitative estimate of drug-likeness (QED) is 0.603. The van der Waals surface area contributed by atoms with E-state index in [0.717, 1.165) is 4.88 Å². The van der Waals surface area contributed by atoms with E-state index in [2.05, 4.69) is 4.98 Å². The molecule has 0 aromatic carbocycles. The number of rotatable bonds is 0. The Labute approximate surface area is 78.4 Å². The molecule has 1 rings (SSSR count). The molecule has 1 nitrogen and oxygen atoms in total. The molecule has 0 saturated carbocycles. The SMILES string of the molecule is CC.CC.Cc1cnc(Cl)s1. The molecule has 0 N–H and O–H groups in total. The normalized spacial score (nSPS) is 7.09. The molecule has 0 unspecified atom stereocenters. The van der Waals surface area contributed by atoms with Gasteiger partial charge in [-0.15, -0.1) is 11.3 Å². The minimum absolute atomic E-state index is 0.623. The highest BCUT2D eigenvalue weighted by Gasteiger charge is 1.88. The van der Waals surface area contributed by atoms with Crippen LogP contribution in [0.25, 0.3) is 0 Å². The number of hydrogen-bond donors (Lipinski definition) is 0. The maximum absolute atomic E-state index is 5.47. The van der Waals surface area contributed by atoms with E-state index in [0.29, 0.717) is 4.47 Å². The van der Waals surface area contributed by atoms with Gasteiger partial charge in [-0.1, -0.05) is 39.3 Å². The van der Waals surface area contributed by atoms with Gasteiger partial charge in [-0.2, -0.15) is 0 Å². The third-order valence-electron chi connectivity index (χ3n) is 0.593. The van der Waals surface area contributed by atoms with E-state index in [1.807, 2.05) is 34.6 Å². The minimum Gasteiger partial charge on any atom is -0.233 e. The van der Waals surface area contributed by atoms with Crippen molar-refractivity contribution in [1.29, 1.82) is 0 Å². The molecule has 3 heteroatoms. The molecular weight excluding hydrogens is 178 g/mol. The number of nitrogens with zero attached hydrogens (tertiary/aromatic N) is 1. The van der Waals surface area contributed by atoms with Gasteiger partial charge in [0.15, 0.2) is 4.47 Å².